The van der Waals surface area contributed by atoms with Gasteiger partial charge >= 0.3 is 6.18 Å². The van der Waals surface area contributed by atoms with Crippen LogP contribution in [0.3, 0.4) is 0 Å². The van der Waals surface area contributed by atoms with Crippen LogP contribution in [0.5, 0.6) is 0 Å². The molecule has 0 saturated heterocycles. The van der Waals surface area contributed by atoms with Crippen LogP contribution in [-0.2, 0) is 13.2 Å². The monoisotopic (exact) mass is 352 g/mol. The Morgan fingerprint density at radius 2 is 1.96 bits per heavy atom. The van der Waals surface area contributed by atoms with E-state index in [0.717, 1.165) is 27.8 Å². The van der Waals surface area contributed by atoms with Gasteiger partial charge in [-0.15, -0.1) is 11.3 Å². The van der Waals surface area contributed by atoms with E-state index in [1.165, 1.54) is 13.2 Å². The van der Waals surface area contributed by atoms with Gasteiger partial charge in [-0.25, -0.2) is 4.98 Å². The van der Waals surface area contributed by atoms with Crippen molar-refractivity contribution in [2.75, 3.05) is 5.32 Å². The Morgan fingerprint density at radius 3 is 2.62 bits per heavy atom. The average molecular weight is 352 g/mol. The number of halogens is 3. The Hall–Kier alpha value is -2.68. The second-order valence-corrected chi connectivity index (χ2v) is 5.94. The van der Waals surface area contributed by atoms with Crippen molar-refractivity contribution in [3.05, 3.63) is 53.3 Å². The second-order valence-electron chi connectivity index (χ2n) is 4.91. The van der Waals surface area contributed by atoms with Crippen molar-refractivity contribution in [2.45, 2.75) is 6.18 Å². The molecule has 0 spiro atoms. The van der Waals surface area contributed by atoms with E-state index in [1.54, 1.807) is 0 Å². The number of benzene rings is 1. The van der Waals surface area contributed by atoms with Gasteiger partial charge in [-0.05, 0) is 0 Å². The number of rotatable bonds is 3. The van der Waals surface area contributed by atoms with E-state index >= 15 is 0 Å². The highest BCUT2D eigenvalue weighted by Gasteiger charge is 2.37. The van der Waals surface area contributed by atoms with Crippen molar-refractivity contribution in [3.63, 3.8) is 0 Å². The minimum atomic E-state index is -4.65. The molecule has 0 aliphatic heterocycles. The summed E-state index contributed by atoms with van der Waals surface area (Å²) in [4.78, 5) is 16.6. The number of amides is 1. The first kappa shape index (κ1) is 16.2. The van der Waals surface area contributed by atoms with Crippen molar-refractivity contribution >= 4 is 22.9 Å². The van der Waals surface area contributed by atoms with Crippen molar-refractivity contribution in [3.8, 4) is 10.6 Å². The summed E-state index contributed by atoms with van der Waals surface area (Å²) in [7, 11) is 1.35. The molecule has 1 N–H and O–H groups in total. The molecule has 24 heavy (non-hydrogen) atoms. The zero-order valence-corrected chi connectivity index (χ0v) is 13.1. The van der Waals surface area contributed by atoms with E-state index in [0.29, 0.717) is 5.01 Å². The fourth-order valence-electron chi connectivity index (χ4n) is 2.07. The number of aromatic nitrogens is 3. The summed E-state index contributed by atoms with van der Waals surface area (Å²) >= 11 is 1.10. The van der Waals surface area contributed by atoms with Gasteiger partial charge in [-0.2, -0.15) is 18.3 Å². The van der Waals surface area contributed by atoms with Gasteiger partial charge in [0.2, 0.25) is 0 Å². The number of aryl methyl sites for hydroxylation is 1. The molecular weight excluding hydrogens is 341 g/mol. The van der Waals surface area contributed by atoms with Crippen molar-refractivity contribution < 1.29 is 18.0 Å². The predicted octanol–water partition coefficient (Wildman–Crippen LogP) is 3.81. The second kappa shape index (κ2) is 6.08. The molecule has 0 fully saturated rings. The summed E-state index contributed by atoms with van der Waals surface area (Å²) in [5.74, 6) is -0.659. The Morgan fingerprint density at radius 1 is 1.25 bits per heavy atom. The lowest BCUT2D eigenvalue weighted by molar-refractivity contribution is -0.140. The molecule has 3 aromatic rings. The molecule has 1 amide bonds. The summed E-state index contributed by atoms with van der Waals surface area (Å²) in [6, 6.07) is 9.20. The number of thiazole rings is 1. The maximum atomic E-state index is 12.9. The molecule has 0 radical (unpaired) electrons. The van der Waals surface area contributed by atoms with Crippen LogP contribution in [0.15, 0.2) is 42.7 Å². The minimum Gasteiger partial charge on any atom is -0.318 e. The van der Waals surface area contributed by atoms with Crippen molar-refractivity contribution in [1.29, 1.82) is 0 Å². The van der Waals surface area contributed by atoms with E-state index in [1.807, 2.05) is 30.3 Å². The van der Waals surface area contributed by atoms with E-state index < -0.39 is 17.8 Å². The van der Waals surface area contributed by atoms with Crippen LogP contribution < -0.4 is 5.32 Å². The highest BCUT2D eigenvalue weighted by Crippen LogP contribution is 2.34. The van der Waals surface area contributed by atoms with Gasteiger partial charge in [-0.3, -0.25) is 9.48 Å². The number of carbonyl (C=O) groups excluding carboxylic acids is 1. The SMILES string of the molecule is Cn1cc(NC(=O)c2cnc(-c3ccccc3)s2)c(C(F)(F)F)n1. The maximum Gasteiger partial charge on any atom is 0.437 e. The summed E-state index contributed by atoms with van der Waals surface area (Å²) < 4.78 is 39.7. The molecule has 9 heteroatoms. The molecule has 0 aliphatic rings. The number of nitrogens with zero attached hydrogens (tertiary/aromatic N) is 3. The van der Waals surface area contributed by atoms with Gasteiger partial charge in [0.1, 0.15) is 9.88 Å². The van der Waals surface area contributed by atoms with E-state index in [2.05, 4.69) is 15.4 Å². The molecule has 3 rings (SSSR count). The third-order valence-corrected chi connectivity index (χ3v) is 4.14. The highest BCUT2D eigenvalue weighted by molar-refractivity contribution is 7.17. The van der Waals surface area contributed by atoms with Crippen LogP contribution in [0.1, 0.15) is 15.4 Å². The fraction of sp³-hybridized carbons (Fsp3) is 0.133. The number of hydrogen-bond acceptors (Lipinski definition) is 4. The first-order valence-corrected chi connectivity index (χ1v) is 7.59. The zero-order valence-electron chi connectivity index (χ0n) is 12.3. The van der Waals surface area contributed by atoms with E-state index in [9.17, 15) is 18.0 Å². The lowest BCUT2D eigenvalue weighted by Crippen LogP contribution is -2.15. The molecule has 1 aromatic carbocycles. The highest BCUT2D eigenvalue weighted by atomic mass is 32.1. The number of carbonyl (C=O) groups is 1. The third-order valence-electron chi connectivity index (χ3n) is 3.10. The Labute approximate surface area is 138 Å². The molecule has 2 aromatic heterocycles. The summed E-state index contributed by atoms with van der Waals surface area (Å²) in [6.45, 7) is 0. The number of hydrogen-bond donors (Lipinski definition) is 1. The van der Waals surface area contributed by atoms with Crippen molar-refractivity contribution in [2.24, 2.45) is 7.05 Å². The average Bonchev–Trinajstić information content (AvgIpc) is 3.14. The van der Waals surface area contributed by atoms with Crippen LogP contribution in [0.2, 0.25) is 0 Å². The molecular formula is C15H11F3N4OS. The molecule has 0 aliphatic carbocycles. The van der Waals surface area contributed by atoms with Gasteiger partial charge in [0.25, 0.3) is 5.91 Å². The Balaban J connectivity index is 1.83. The number of nitrogens with one attached hydrogen (secondary N) is 1. The van der Waals surface area contributed by atoms with Crippen LogP contribution in [-0.4, -0.2) is 20.7 Å². The van der Waals surface area contributed by atoms with Crippen molar-refractivity contribution in [1.82, 2.24) is 14.8 Å². The van der Waals surface area contributed by atoms with Crippen LogP contribution in [0, 0.1) is 0 Å². The van der Waals surface area contributed by atoms with Gasteiger partial charge < -0.3 is 5.32 Å². The Kier molecular flexibility index (Phi) is 4.10. The Bertz CT molecular complexity index is 870. The number of alkyl halides is 3. The van der Waals surface area contributed by atoms with Gasteiger partial charge in [-0.1, -0.05) is 30.3 Å². The van der Waals surface area contributed by atoms with Gasteiger partial charge in [0, 0.05) is 18.8 Å². The summed E-state index contributed by atoms with van der Waals surface area (Å²) in [5, 5.41) is 6.21. The molecule has 5 nitrogen and oxygen atoms in total. The van der Waals surface area contributed by atoms with Crippen LogP contribution in [0.4, 0.5) is 18.9 Å². The normalized spacial score (nSPS) is 11.5. The molecule has 0 atom stereocenters. The van der Waals surface area contributed by atoms with Gasteiger partial charge in [0.05, 0.1) is 11.9 Å². The quantitative estimate of drug-likeness (QED) is 0.780. The van der Waals surface area contributed by atoms with Crippen LogP contribution in [0.25, 0.3) is 10.6 Å². The fourth-order valence-corrected chi connectivity index (χ4v) is 2.88. The maximum absolute atomic E-state index is 12.9. The molecule has 2 heterocycles. The summed E-state index contributed by atoms with van der Waals surface area (Å²) in [5.41, 5.74) is -0.685. The van der Waals surface area contributed by atoms with Gasteiger partial charge in [0.15, 0.2) is 5.69 Å². The topological polar surface area (TPSA) is 59.8 Å². The molecule has 124 valence electrons. The number of anilines is 1. The lowest BCUT2D eigenvalue weighted by atomic mass is 10.2. The largest absolute Gasteiger partial charge is 0.437 e. The van der Waals surface area contributed by atoms with E-state index in [4.69, 9.17) is 0 Å². The third kappa shape index (κ3) is 3.30. The zero-order chi connectivity index (χ0) is 17.3. The molecule has 0 unspecified atom stereocenters. The minimum absolute atomic E-state index is 0.214. The predicted molar refractivity (Wildman–Crippen MR) is 83.7 cm³/mol. The van der Waals surface area contributed by atoms with Crippen LogP contribution >= 0.6 is 11.3 Å². The summed E-state index contributed by atoms with van der Waals surface area (Å²) in [6.07, 6.45) is -2.20. The smallest absolute Gasteiger partial charge is 0.318 e. The standard InChI is InChI=1S/C15H11F3N4OS/c1-22-8-10(12(21-22)15(16,17)18)20-13(23)11-7-19-14(24-11)9-5-3-2-4-6-9/h2-8H,1H3,(H,20,23). The first-order valence-electron chi connectivity index (χ1n) is 6.78. The van der Waals surface area contributed by atoms with E-state index in [-0.39, 0.29) is 10.6 Å². The first-order chi connectivity index (χ1) is 11.3. The lowest BCUT2D eigenvalue weighted by Gasteiger charge is -2.06. The molecule has 0 bridgehead atoms. The molecule has 0 saturated carbocycles.